The highest BCUT2D eigenvalue weighted by Crippen LogP contribution is 2.15. The molecule has 1 amide bonds. The molecule has 0 bridgehead atoms. The fourth-order valence-corrected chi connectivity index (χ4v) is 1.29. The topological polar surface area (TPSA) is 73.1 Å². The molecule has 1 rings (SSSR count). The van der Waals surface area contributed by atoms with Crippen molar-refractivity contribution in [3.63, 3.8) is 0 Å². The number of benzene rings is 1. The maximum Gasteiger partial charge on any atom is 0.251 e. The minimum Gasteiger partial charge on any atom is -0.508 e. The van der Waals surface area contributed by atoms with Crippen molar-refractivity contribution in [2.45, 2.75) is 13.8 Å². The summed E-state index contributed by atoms with van der Waals surface area (Å²) in [7, 11) is 0. The van der Waals surface area contributed by atoms with Crippen molar-refractivity contribution in [2.75, 3.05) is 6.54 Å². The fraction of sp³-hybridized carbons (Fsp3) is 0.333. The molecule has 1 aromatic carbocycles. The number of nitriles is 1. The van der Waals surface area contributed by atoms with Gasteiger partial charge in [-0.1, -0.05) is 0 Å². The lowest BCUT2D eigenvalue weighted by Crippen LogP contribution is -2.28. The van der Waals surface area contributed by atoms with Gasteiger partial charge in [0, 0.05) is 12.1 Å². The number of rotatable bonds is 3. The first kappa shape index (κ1) is 12.1. The summed E-state index contributed by atoms with van der Waals surface area (Å²) in [5, 5.41) is 20.4. The quantitative estimate of drug-likeness (QED) is 0.809. The molecule has 0 saturated heterocycles. The molecule has 1 atom stereocenters. The molecule has 0 aliphatic carbocycles. The third kappa shape index (κ3) is 2.99. The monoisotopic (exact) mass is 218 g/mol. The first-order valence-corrected chi connectivity index (χ1v) is 5.02. The first-order valence-electron chi connectivity index (χ1n) is 5.02. The molecule has 4 heteroatoms. The first-order chi connectivity index (χ1) is 7.54. The Kier molecular flexibility index (Phi) is 3.90. The van der Waals surface area contributed by atoms with Crippen LogP contribution in [0.4, 0.5) is 0 Å². The van der Waals surface area contributed by atoms with Gasteiger partial charge >= 0.3 is 0 Å². The van der Waals surface area contributed by atoms with Gasteiger partial charge < -0.3 is 10.4 Å². The van der Waals surface area contributed by atoms with Gasteiger partial charge in [-0.3, -0.25) is 4.79 Å². The molecular formula is C12H14N2O2. The van der Waals surface area contributed by atoms with Gasteiger partial charge in [-0.05, 0) is 37.6 Å². The summed E-state index contributed by atoms with van der Waals surface area (Å²) in [6.07, 6.45) is 0. The largest absolute Gasteiger partial charge is 0.508 e. The van der Waals surface area contributed by atoms with E-state index in [1.807, 2.05) is 6.07 Å². The highest BCUT2D eigenvalue weighted by Gasteiger charge is 2.10. The van der Waals surface area contributed by atoms with Crippen molar-refractivity contribution in [3.05, 3.63) is 29.3 Å². The number of aryl methyl sites for hydroxylation is 1. The molecule has 0 saturated carbocycles. The molecule has 4 nitrogen and oxygen atoms in total. The standard InChI is InChI=1S/C12H14N2O2/c1-8(6-13)7-14-12(16)11-4-3-10(15)5-9(11)2/h3-5,8,15H,7H2,1-2H3,(H,14,16). The van der Waals surface area contributed by atoms with Gasteiger partial charge in [0.1, 0.15) is 5.75 Å². The molecule has 0 radical (unpaired) electrons. The SMILES string of the molecule is Cc1cc(O)ccc1C(=O)NCC(C)C#N. The number of carbonyl (C=O) groups is 1. The van der Waals surface area contributed by atoms with E-state index in [0.29, 0.717) is 17.7 Å². The van der Waals surface area contributed by atoms with Crippen molar-refractivity contribution in [2.24, 2.45) is 5.92 Å². The van der Waals surface area contributed by atoms with Gasteiger partial charge in [0.25, 0.3) is 5.91 Å². The van der Waals surface area contributed by atoms with Gasteiger partial charge in [-0.25, -0.2) is 0 Å². The normalized spacial score (nSPS) is 11.6. The highest BCUT2D eigenvalue weighted by atomic mass is 16.3. The van der Waals surface area contributed by atoms with E-state index in [1.165, 1.54) is 12.1 Å². The zero-order valence-electron chi connectivity index (χ0n) is 9.32. The summed E-state index contributed by atoms with van der Waals surface area (Å²) in [5.41, 5.74) is 1.23. The summed E-state index contributed by atoms with van der Waals surface area (Å²) in [6, 6.07) is 6.61. The Morgan fingerprint density at radius 2 is 2.31 bits per heavy atom. The van der Waals surface area contributed by atoms with Crippen LogP contribution in [0.1, 0.15) is 22.8 Å². The number of hydrogen-bond acceptors (Lipinski definition) is 3. The molecule has 84 valence electrons. The van der Waals surface area contributed by atoms with Crippen LogP contribution in [0.5, 0.6) is 5.75 Å². The molecule has 0 spiro atoms. The summed E-state index contributed by atoms with van der Waals surface area (Å²) < 4.78 is 0. The molecule has 0 aromatic heterocycles. The molecule has 0 aliphatic heterocycles. The van der Waals surface area contributed by atoms with E-state index >= 15 is 0 Å². The Labute approximate surface area is 94.5 Å². The number of nitrogens with zero attached hydrogens (tertiary/aromatic N) is 1. The van der Waals surface area contributed by atoms with Gasteiger partial charge in [-0.2, -0.15) is 5.26 Å². The van der Waals surface area contributed by atoms with Crippen molar-refractivity contribution in [1.82, 2.24) is 5.32 Å². The van der Waals surface area contributed by atoms with Crippen LogP contribution in [0.25, 0.3) is 0 Å². The van der Waals surface area contributed by atoms with Crippen LogP contribution >= 0.6 is 0 Å². The summed E-state index contributed by atoms with van der Waals surface area (Å²) in [5.74, 6) is -0.291. The summed E-state index contributed by atoms with van der Waals surface area (Å²) in [6.45, 7) is 3.82. The molecule has 0 aliphatic rings. The third-order valence-electron chi connectivity index (χ3n) is 2.24. The number of amides is 1. The molecule has 16 heavy (non-hydrogen) atoms. The molecular weight excluding hydrogens is 204 g/mol. The van der Waals surface area contributed by atoms with Crippen LogP contribution in [0, 0.1) is 24.2 Å². The van der Waals surface area contributed by atoms with Crippen LogP contribution in [0.2, 0.25) is 0 Å². The molecule has 2 N–H and O–H groups in total. The average Bonchev–Trinajstić information content (AvgIpc) is 2.25. The highest BCUT2D eigenvalue weighted by molar-refractivity contribution is 5.95. The minimum atomic E-state index is -0.223. The van der Waals surface area contributed by atoms with E-state index in [4.69, 9.17) is 5.26 Å². The van der Waals surface area contributed by atoms with E-state index in [1.54, 1.807) is 19.9 Å². The Hall–Kier alpha value is -2.02. The molecule has 0 fully saturated rings. The van der Waals surface area contributed by atoms with E-state index in [-0.39, 0.29) is 17.6 Å². The van der Waals surface area contributed by atoms with Gasteiger partial charge in [0.05, 0.1) is 12.0 Å². The van der Waals surface area contributed by atoms with E-state index in [9.17, 15) is 9.90 Å². The Bertz CT molecular complexity index is 435. The second kappa shape index (κ2) is 5.17. The van der Waals surface area contributed by atoms with Gasteiger partial charge in [0.15, 0.2) is 0 Å². The Balaban J connectivity index is 2.71. The number of phenolic OH excluding ortho intramolecular Hbond substituents is 1. The average molecular weight is 218 g/mol. The van der Waals surface area contributed by atoms with Crippen LogP contribution in [0.15, 0.2) is 18.2 Å². The lowest BCUT2D eigenvalue weighted by molar-refractivity contribution is 0.0950. The zero-order chi connectivity index (χ0) is 12.1. The van der Waals surface area contributed by atoms with E-state index < -0.39 is 0 Å². The maximum atomic E-state index is 11.7. The number of phenols is 1. The second-order valence-electron chi connectivity index (χ2n) is 3.74. The van der Waals surface area contributed by atoms with Crippen LogP contribution in [-0.2, 0) is 0 Å². The summed E-state index contributed by atoms with van der Waals surface area (Å²) >= 11 is 0. The summed E-state index contributed by atoms with van der Waals surface area (Å²) in [4.78, 5) is 11.7. The zero-order valence-corrected chi connectivity index (χ0v) is 9.32. The van der Waals surface area contributed by atoms with Crippen molar-refractivity contribution < 1.29 is 9.90 Å². The Morgan fingerprint density at radius 3 is 2.88 bits per heavy atom. The second-order valence-corrected chi connectivity index (χ2v) is 3.74. The van der Waals surface area contributed by atoms with Crippen LogP contribution in [0.3, 0.4) is 0 Å². The van der Waals surface area contributed by atoms with Crippen molar-refractivity contribution >= 4 is 5.91 Å². The fourth-order valence-electron chi connectivity index (χ4n) is 1.29. The molecule has 1 aromatic rings. The van der Waals surface area contributed by atoms with Crippen molar-refractivity contribution in [1.29, 1.82) is 5.26 Å². The number of aromatic hydroxyl groups is 1. The minimum absolute atomic E-state index is 0.138. The maximum absolute atomic E-state index is 11.7. The Morgan fingerprint density at radius 1 is 1.62 bits per heavy atom. The predicted octanol–water partition coefficient (Wildman–Crippen LogP) is 1.59. The number of hydrogen-bond donors (Lipinski definition) is 2. The molecule has 1 unspecified atom stereocenters. The van der Waals surface area contributed by atoms with Gasteiger partial charge in [-0.15, -0.1) is 0 Å². The molecule has 0 heterocycles. The lowest BCUT2D eigenvalue weighted by Gasteiger charge is -2.08. The van der Waals surface area contributed by atoms with Gasteiger partial charge in [0.2, 0.25) is 0 Å². The van der Waals surface area contributed by atoms with Crippen LogP contribution < -0.4 is 5.32 Å². The van der Waals surface area contributed by atoms with Crippen LogP contribution in [-0.4, -0.2) is 17.6 Å². The number of carbonyl (C=O) groups excluding carboxylic acids is 1. The smallest absolute Gasteiger partial charge is 0.251 e. The van der Waals surface area contributed by atoms with Crippen molar-refractivity contribution in [3.8, 4) is 11.8 Å². The number of nitrogens with one attached hydrogen (secondary N) is 1. The predicted molar refractivity (Wildman–Crippen MR) is 60.0 cm³/mol. The lowest BCUT2D eigenvalue weighted by atomic mass is 10.1. The van der Waals surface area contributed by atoms with E-state index in [2.05, 4.69) is 5.32 Å². The third-order valence-corrected chi connectivity index (χ3v) is 2.24. The van der Waals surface area contributed by atoms with E-state index in [0.717, 1.165) is 0 Å².